The number of quaternary nitrogens is 1. The highest BCUT2D eigenvalue weighted by molar-refractivity contribution is 5.46. The van der Waals surface area contributed by atoms with Crippen LogP contribution in [0, 0.1) is 45.5 Å². The van der Waals surface area contributed by atoms with Crippen LogP contribution in [0.4, 0.5) is 13.2 Å². The number of hydrogen-bond acceptors (Lipinski definition) is 1. The largest absolute Gasteiger partial charge is 0.386 e. The van der Waals surface area contributed by atoms with E-state index >= 15 is 0 Å². The van der Waals surface area contributed by atoms with Gasteiger partial charge in [-0.3, -0.25) is 4.79 Å². The summed E-state index contributed by atoms with van der Waals surface area (Å²) in [5.74, 6) is 0.781. The second-order valence-electron chi connectivity index (χ2n) is 7.61. The van der Waals surface area contributed by atoms with Crippen LogP contribution in [0.15, 0.2) is 12.1 Å². The number of pyridine rings is 1. The minimum absolute atomic E-state index is 0.188. The maximum absolute atomic E-state index is 10.4. The molecule has 1 atom stereocenters. The van der Waals surface area contributed by atoms with E-state index in [1.54, 1.807) is 5.56 Å². The normalized spacial score (nSPS) is 16.0. The van der Waals surface area contributed by atoms with Crippen LogP contribution in [-0.2, 0) is 11.2 Å². The monoisotopic (exact) mass is 481 g/mol. The average Bonchev–Trinajstić information content (AvgIpc) is 3.38. The first-order valence-electron chi connectivity index (χ1n) is 11.3. The Bertz CT molecular complexity index is 664. The number of carbonyl (C=O) groups is 1. The van der Waals surface area contributed by atoms with Crippen molar-refractivity contribution < 1.29 is 28.3 Å². The van der Waals surface area contributed by atoms with Crippen molar-refractivity contribution in [2.24, 2.45) is 0 Å². The predicted molar refractivity (Wildman–Crippen MR) is 134 cm³/mol. The molecule has 3 N–H and O–H groups in total. The molecule has 7 heteroatoms. The van der Waals surface area contributed by atoms with Crippen molar-refractivity contribution in [3.8, 4) is 38.5 Å². The smallest absolute Gasteiger partial charge is 0.346 e. The summed E-state index contributed by atoms with van der Waals surface area (Å²) in [5, 5.41) is 2.43. The lowest BCUT2D eigenvalue weighted by Crippen LogP contribution is -2.81. The molecule has 0 aromatic carbocycles. The van der Waals surface area contributed by atoms with E-state index in [9.17, 15) is 18.0 Å². The highest BCUT2D eigenvalue weighted by atomic mass is 19.4. The molecule has 190 valence electrons. The SMILES string of the molecule is C#C.C#C.C#C.CC(F)(F)F.CCCc1[nH+]c(C)ccc1[C@H]1CC[NH2+]C1.O=CN1CCCCC1. The highest BCUT2D eigenvalue weighted by Crippen LogP contribution is 2.22. The summed E-state index contributed by atoms with van der Waals surface area (Å²) in [7, 11) is 0. The van der Waals surface area contributed by atoms with Gasteiger partial charge in [0.05, 0.1) is 13.1 Å². The molecule has 3 heterocycles. The number of likely N-dealkylation sites (tertiary alicyclic amines) is 1. The number of nitrogens with two attached hydrogens (primary N) is 1. The number of halogens is 3. The van der Waals surface area contributed by atoms with Crippen LogP contribution < -0.4 is 10.3 Å². The second-order valence-corrected chi connectivity index (χ2v) is 7.61. The van der Waals surface area contributed by atoms with E-state index in [0.717, 1.165) is 25.4 Å². The van der Waals surface area contributed by atoms with E-state index in [1.165, 1.54) is 63.0 Å². The van der Waals surface area contributed by atoms with Gasteiger partial charge in [-0.25, -0.2) is 4.98 Å². The molecule has 0 radical (unpaired) electrons. The number of H-pyrrole nitrogens is 1. The number of alkyl halides is 3. The average molecular weight is 482 g/mol. The molecule has 0 bridgehead atoms. The Morgan fingerprint density at radius 1 is 1.09 bits per heavy atom. The van der Waals surface area contributed by atoms with E-state index in [4.69, 9.17) is 0 Å². The number of nitrogens with zero attached hydrogens (tertiary/aromatic N) is 1. The fourth-order valence-electron chi connectivity index (χ4n) is 3.57. The third-order valence-corrected chi connectivity index (χ3v) is 4.86. The molecular formula is C27H42F3N3O+2. The number of piperidine rings is 1. The number of carbonyl (C=O) groups excluding carboxylic acids is 1. The zero-order chi connectivity index (χ0) is 27.0. The number of aromatic nitrogens is 1. The van der Waals surface area contributed by atoms with Gasteiger partial charge in [0.15, 0.2) is 11.4 Å². The fraction of sp³-hybridized carbons (Fsp3) is 0.556. The molecule has 0 unspecified atom stereocenters. The zero-order valence-electron chi connectivity index (χ0n) is 20.9. The molecule has 0 spiro atoms. The van der Waals surface area contributed by atoms with Crippen LogP contribution in [0.1, 0.15) is 68.8 Å². The topological polar surface area (TPSA) is 51.1 Å². The third-order valence-electron chi connectivity index (χ3n) is 4.86. The third kappa shape index (κ3) is 19.7. The van der Waals surface area contributed by atoms with Crippen LogP contribution in [0.2, 0.25) is 0 Å². The Kier molecular flexibility index (Phi) is 24.3. The number of hydrogen-bond donors (Lipinski definition) is 1. The maximum Gasteiger partial charge on any atom is 0.386 e. The highest BCUT2D eigenvalue weighted by Gasteiger charge is 2.25. The van der Waals surface area contributed by atoms with Gasteiger partial charge in [0, 0.05) is 57.3 Å². The molecule has 0 saturated carbocycles. The van der Waals surface area contributed by atoms with Gasteiger partial charge in [0.25, 0.3) is 0 Å². The molecule has 4 nitrogen and oxygen atoms in total. The van der Waals surface area contributed by atoms with Gasteiger partial charge in [0.1, 0.15) is 0 Å². The van der Waals surface area contributed by atoms with Crippen molar-refractivity contribution in [2.75, 3.05) is 26.2 Å². The second kappa shape index (κ2) is 23.2. The first-order chi connectivity index (χ1) is 16.2. The number of aryl methyl sites for hydroxylation is 2. The van der Waals surface area contributed by atoms with Crippen LogP contribution in [-0.4, -0.2) is 43.7 Å². The lowest BCUT2D eigenvalue weighted by atomic mass is 9.95. The molecule has 1 aromatic rings. The quantitative estimate of drug-likeness (QED) is 0.517. The molecule has 34 heavy (non-hydrogen) atoms. The Hall–Kier alpha value is -2.95. The molecule has 1 aromatic heterocycles. The van der Waals surface area contributed by atoms with Gasteiger partial charge in [0.2, 0.25) is 6.41 Å². The summed E-state index contributed by atoms with van der Waals surface area (Å²) in [6, 6.07) is 4.55. The van der Waals surface area contributed by atoms with E-state index in [2.05, 4.69) is 74.8 Å². The Balaban J connectivity index is -0.000000428. The summed E-state index contributed by atoms with van der Waals surface area (Å²) >= 11 is 0. The lowest BCUT2D eigenvalue weighted by Gasteiger charge is -2.21. The van der Waals surface area contributed by atoms with E-state index in [-0.39, 0.29) is 6.92 Å². The first kappa shape index (κ1) is 35.6. The minimum Gasteiger partial charge on any atom is -0.346 e. The molecule has 2 aliphatic heterocycles. The van der Waals surface area contributed by atoms with Gasteiger partial charge in [-0.15, -0.1) is 38.5 Å². The van der Waals surface area contributed by atoms with Crippen LogP contribution >= 0.6 is 0 Å². The summed E-state index contributed by atoms with van der Waals surface area (Å²) in [6.07, 6.45) is 28.4. The Morgan fingerprint density at radius 3 is 2.00 bits per heavy atom. The van der Waals surface area contributed by atoms with Crippen molar-refractivity contribution in [1.29, 1.82) is 0 Å². The lowest BCUT2D eigenvalue weighted by molar-refractivity contribution is -0.636. The van der Waals surface area contributed by atoms with Gasteiger partial charge in [-0.05, 0) is 31.7 Å². The van der Waals surface area contributed by atoms with Crippen molar-refractivity contribution in [3.63, 3.8) is 0 Å². The molecule has 3 rings (SSSR count). The van der Waals surface area contributed by atoms with Crippen molar-refractivity contribution in [1.82, 2.24) is 4.90 Å². The molecule has 2 saturated heterocycles. The van der Waals surface area contributed by atoms with Crippen LogP contribution in [0.3, 0.4) is 0 Å². The number of terminal acetylenes is 3. The Morgan fingerprint density at radius 2 is 1.62 bits per heavy atom. The summed E-state index contributed by atoms with van der Waals surface area (Å²) in [4.78, 5) is 15.5. The Labute approximate surface area is 205 Å². The summed E-state index contributed by atoms with van der Waals surface area (Å²) in [5.41, 5.74) is 4.32. The maximum atomic E-state index is 10.4. The van der Waals surface area contributed by atoms with Gasteiger partial charge < -0.3 is 10.2 Å². The number of nitrogens with one attached hydrogen (secondary N) is 1. The number of rotatable bonds is 4. The van der Waals surface area contributed by atoms with Crippen LogP contribution in [0.5, 0.6) is 0 Å². The van der Waals surface area contributed by atoms with Gasteiger partial charge in [-0.1, -0.05) is 6.92 Å². The van der Waals surface area contributed by atoms with Gasteiger partial charge >= 0.3 is 6.18 Å². The summed E-state index contributed by atoms with van der Waals surface area (Å²) in [6.45, 7) is 9.10. The standard InChI is InChI=1S/C13H20N2.C6H11NO.C2H3F3.3C2H2/c1-3-4-13-12(6-5-10(2)15-13)11-7-8-14-9-11;8-6-7-4-2-1-3-5-7;1-2(3,4)5;3*1-2/h5-6,11,14H,3-4,7-9H2,1-2H3;6H,1-5H2;1H3;3*1-2H/p+2/t11-;;;;;/m0...../s1. The minimum atomic E-state index is -4.00. The number of aromatic amines is 1. The molecule has 2 fully saturated rings. The van der Waals surface area contributed by atoms with Crippen molar-refractivity contribution in [2.45, 2.75) is 71.4 Å². The number of amides is 1. The van der Waals surface area contributed by atoms with E-state index in [1.807, 2.05) is 4.90 Å². The predicted octanol–water partition coefficient (Wildman–Crippen LogP) is 3.76. The summed E-state index contributed by atoms with van der Waals surface area (Å²) < 4.78 is 31.1. The van der Waals surface area contributed by atoms with Crippen molar-refractivity contribution in [3.05, 3.63) is 29.1 Å². The van der Waals surface area contributed by atoms with E-state index in [0.29, 0.717) is 0 Å². The zero-order valence-corrected chi connectivity index (χ0v) is 20.9. The molecular weight excluding hydrogens is 439 g/mol. The fourth-order valence-corrected chi connectivity index (χ4v) is 3.57. The first-order valence-corrected chi connectivity index (χ1v) is 11.3. The van der Waals surface area contributed by atoms with E-state index < -0.39 is 6.18 Å². The molecule has 0 aliphatic carbocycles. The molecule has 2 aliphatic rings. The van der Waals surface area contributed by atoms with Crippen LogP contribution in [0.25, 0.3) is 0 Å². The molecule has 1 amide bonds. The van der Waals surface area contributed by atoms with Crippen molar-refractivity contribution >= 4 is 6.41 Å². The van der Waals surface area contributed by atoms with Gasteiger partial charge in [-0.2, -0.15) is 13.2 Å².